The molecular formula is C19H26N4O3. The zero-order valence-electron chi connectivity index (χ0n) is 15.7. The Bertz CT molecular complexity index is 718. The highest BCUT2D eigenvalue weighted by atomic mass is 16.6. The predicted octanol–water partition coefficient (Wildman–Crippen LogP) is 2.76. The van der Waals surface area contributed by atoms with E-state index in [-0.39, 0.29) is 11.8 Å². The zero-order chi connectivity index (χ0) is 19.2. The quantitative estimate of drug-likeness (QED) is 0.831. The second kappa shape index (κ2) is 8.51. The van der Waals surface area contributed by atoms with Crippen molar-refractivity contribution in [2.45, 2.75) is 33.3 Å². The van der Waals surface area contributed by atoms with Gasteiger partial charge in [-0.15, -0.1) is 0 Å². The van der Waals surface area contributed by atoms with Gasteiger partial charge in [-0.2, -0.15) is 5.10 Å². The number of hydrogen-bond donors (Lipinski definition) is 2. The van der Waals surface area contributed by atoms with Gasteiger partial charge in [0.05, 0.1) is 5.69 Å². The van der Waals surface area contributed by atoms with Crippen LogP contribution < -0.4 is 10.6 Å². The van der Waals surface area contributed by atoms with Crippen LogP contribution in [0.1, 0.15) is 38.1 Å². The van der Waals surface area contributed by atoms with Crippen molar-refractivity contribution in [3.8, 4) is 5.69 Å². The van der Waals surface area contributed by atoms with Gasteiger partial charge in [-0.05, 0) is 57.0 Å². The highest BCUT2D eigenvalue weighted by Gasteiger charge is 2.16. The van der Waals surface area contributed by atoms with Crippen LogP contribution in [0.4, 0.5) is 4.79 Å². The first kappa shape index (κ1) is 19.5. The molecule has 1 unspecified atom stereocenters. The van der Waals surface area contributed by atoms with Gasteiger partial charge < -0.3 is 15.4 Å². The van der Waals surface area contributed by atoms with Crippen molar-refractivity contribution in [1.82, 2.24) is 20.4 Å². The molecule has 0 spiro atoms. The molecule has 2 rings (SSSR count). The molecule has 7 nitrogen and oxygen atoms in total. The van der Waals surface area contributed by atoms with Gasteiger partial charge in [-0.1, -0.05) is 6.92 Å². The molecule has 0 aliphatic heterocycles. The molecule has 0 saturated heterocycles. The van der Waals surface area contributed by atoms with Gasteiger partial charge >= 0.3 is 6.09 Å². The molecule has 1 heterocycles. The minimum Gasteiger partial charge on any atom is -0.444 e. The number of rotatable bonds is 6. The Morgan fingerprint density at radius 2 is 1.81 bits per heavy atom. The van der Waals surface area contributed by atoms with Crippen LogP contribution in [0, 0.1) is 5.92 Å². The SMILES string of the molecule is CC(CNC(=O)OC(C)(C)C)CNC(=O)c1ccc(-n2cccn2)cc1. The van der Waals surface area contributed by atoms with Crippen molar-refractivity contribution in [2.75, 3.05) is 13.1 Å². The van der Waals surface area contributed by atoms with E-state index >= 15 is 0 Å². The standard InChI is InChI=1S/C19H26N4O3/c1-14(13-21-18(25)26-19(2,3)4)12-20-17(24)15-6-8-16(9-7-15)23-11-5-10-22-23/h5-11,14H,12-13H2,1-4H3,(H,20,24)(H,21,25). The molecule has 140 valence electrons. The van der Waals surface area contributed by atoms with Crippen molar-refractivity contribution < 1.29 is 14.3 Å². The summed E-state index contributed by atoms with van der Waals surface area (Å²) < 4.78 is 6.91. The Balaban J connectivity index is 1.76. The first-order valence-electron chi connectivity index (χ1n) is 8.60. The lowest BCUT2D eigenvalue weighted by molar-refractivity contribution is 0.0520. The highest BCUT2D eigenvalue weighted by Crippen LogP contribution is 2.09. The Labute approximate surface area is 153 Å². The fraction of sp³-hybridized carbons (Fsp3) is 0.421. The topological polar surface area (TPSA) is 85.3 Å². The van der Waals surface area contributed by atoms with Crippen LogP contribution in [0.3, 0.4) is 0 Å². The average Bonchev–Trinajstić information content (AvgIpc) is 3.11. The van der Waals surface area contributed by atoms with Gasteiger partial charge in [-0.25, -0.2) is 9.48 Å². The largest absolute Gasteiger partial charge is 0.444 e. The first-order chi connectivity index (χ1) is 12.2. The molecule has 2 N–H and O–H groups in total. The van der Waals surface area contributed by atoms with Gasteiger partial charge in [0.15, 0.2) is 0 Å². The second-order valence-corrected chi connectivity index (χ2v) is 7.20. The number of carbonyl (C=O) groups is 2. The van der Waals surface area contributed by atoms with Gasteiger partial charge in [0.2, 0.25) is 0 Å². The summed E-state index contributed by atoms with van der Waals surface area (Å²) >= 11 is 0. The van der Waals surface area contributed by atoms with Gasteiger partial charge in [0.1, 0.15) is 5.60 Å². The normalized spacial score (nSPS) is 12.3. The Kier molecular flexibility index (Phi) is 6.38. The molecule has 7 heteroatoms. The number of nitrogens with one attached hydrogen (secondary N) is 2. The molecule has 0 saturated carbocycles. The van der Waals surface area contributed by atoms with E-state index in [4.69, 9.17) is 4.74 Å². The molecule has 1 aromatic carbocycles. The number of hydrogen-bond acceptors (Lipinski definition) is 4. The number of carbonyl (C=O) groups excluding carboxylic acids is 2. The molecular weight excluding hydrogens is 332 g/mol. The third-order valence-corrected chi connectivity index (χ3v) is 3.50. The lowest BCUT2D eigenvalue weighted by Crippen LogP contribution is -2.38. The summed E-state index contributed by atoms with van der Waals surface area (Å²) in [7, 11) is 0. The molecule has 0 bridgehead atoms. The van der Waals surface area contributed by atoms with Crippen LogP contribution in [-0.4, -0.2) is 40.5 Å². The van der Waals surface area contributed by atoms with Gasteiger partial charge in [-0.3, -0.25) is 4.79 Å². The smallest absolute Gasteiger partial charge is 0.407 e. The van der Waals surface area contributed by atoms with Crippen molar-refractivity contribution in [3.05, 3.63) is 48.3 Å². The van der Waals surface area contributed by atoms with Crippen LogP contribution in [0.5, 0.6) is 0 Å². The summed E-state index contributed by atoms with van der Waals surface area (Å²) in [5.74, 6) is -0.0732. The van der Waals surface area contributed by atoms with Crippen LogP contribution in [0.25, 0.3) is 5.69 Å². The summed E-state index contributed by atoms with van der Waals surface area (Å²) in [6, 6.07) is 9.05. The number of benzene rings is 1. The minimum absolute atomic E-state index is 0.0785. The van der Waals surface area contributed by atoms with Crippen molar-refractivity contribution >= 4 is 12.0 Å². The number of nitrogens with zero attached hydrogens (tertiary/aromatic N) is 2. The maximum Gasteiger partial charge on any atom is 0.407 e. The van der Waals surface area contributed by atoms with Crippen molar-refractivity contribution in [3.63, 3.8) is 0 Å². The van der Waals surface area contributed by atoms with Crippen molar-refractivity contribution in [2.24, 2.45) is 5.92 Å². The van der Waals surface area contributed by atoms with Gasteiger partial charge in [0, 0.05) is 31.0 Å². The van der Waals surface area contributed by atoms with Crippen LogP contribution in [-0.2, 0) is 4.74 Å². The fourth-order valence-electron chi connectivity index (χ4n) is 2.20. The Morgan fingerprint density at radius 1 is 1.15 bits per heavy atom. The molecule has 1 aromatic heterocycles. The van der Waals surface area contributed by atoms with Crippen LogP contribution >= 0.6 is 0 Å². The maximum atomic E-state index is 12.2. The number of ether oxygens (including phenoxy) is 1. The van der Waals surface area contributed by atoms with Gasteiger partial charge in [0.25, 0.3) is 5.91 Å². The number of alkyl carbamates (subject to hydrolysis) is 1. The summed E-state index contributed by atoms with van der Waals surface area (Å²) in [5.41, 5.74) is 0.943. The van der Waals surface area contributed by atoms with E-state index in [9.17, 15) is 9.59 Å². The van der Waals surface area contributed by atoms with E-state index in [0.29, 0.717) is 18.7 Å². The van der Waals surface area contributed by atoms with E-state index in [2.05, 4.69) is 15.7 Å². The monoisotopic (exact) mass is 358 g/mol. The Morgan fingerprint density at radius 3 is 2.38 bits per heavy atom. The molecule has 0 aliphatic rings. The van der Waals surface area contributed by atoms with Crippen molar-refractivity contribution in [1.29, 1.82) is 0 Å². The molecule has 0 fully saturated rings. The molecule has 2 aromatic rings. The summed E-state index contributed by atoms with van der Waals surface area (Å²) in [6.45, 7) is 8.26. The molecule has 2 amide bonds. The lowest BCUT2D eigenvalue weighted by Gasteiger charge is -2.21. The predicted molar refractivity (Wildman–Crippen MR) is 99.3 cm³/mol. The summed E-state index contributed by atoms with van der Waals surface area (Å²) in [4.78, 5) is 23.9. The second-order valence-electron chi connectivity index (χ2n) is 7.20. The molecule has 26 heavy (non-hydrogen) atoms. The number of amides is 2. The summed E-state index contributed by atoms with van der Waals surface area (Å²) in [5, 5.41) is 9.72. The van der Waals surface area contributed by atoms with E-state index < -0.39 is 11.7 Å². The van der Waals surface area contributed by atoms with E-state index in [1.165, 1.54) is 0 Å². The van der Waals surface area contributed by atoms with E-state index in [1.807, 2.05) is 52.1 Å². The van der Waals surface area contributed by atoms with E-state index in [0.717, 1.165) is 5.69 Å². The van der Waals surface area contributed by atoms with Crippen LogP contribution in [0.15, 0.2) is 42.7 Å². The molecule has 0 radical (unpaired) electrons. The molecule has 1 atom stereocenters. The van der Waals surface area contributed by atoms with E-state index in [1.54, 1.807) is 23.0 Å². The lowest BCUT2D eigenvalue weighted by atomic mass is 10.1. The fourth-order valence-corrected chi connectivity index (χ4v) is 2.20. The summed E-state index contributed by atoms with van der Waals surface area (Å²) in [6.07, 6.45) is 3.09. The number of aromatic nitrogens is 2. The first-order valence-corrected chi connectivity index (χ1v) is 8.60. The molecule has 0 aliphatic carbocycles. The maximum absolute atomic E-state index is 12.2. The highest BCUT2D eigenvalue weighted by molar-refractivity contribution is 5.94. The zero-order valence-corrected chi connectivity index (χ0v) is 15.7. The average molecular weight is 358 g/mol. The Hall–Kier alpha value is -2.83. The third kappa shape index (κ3) is 6.23. The van der Waals surface area contributed by atoms with Crippen LogP contribution in [0.2, 0.25) is 0 Å². The third-order valence-electron chi connectivity index (χ3n) is 3.50. The minimum atomic E-state index is -0.524.